The molecule has 76 heteroatoms. The van der Waals surface area contributed by atoms with Crippen LogP contribution in [0.25, 0.3) is 55.8 Å². The summed E-state index contributed by atoms with van der Waals surface area (Å²) in [5.41, 5.74) is 33.3. The number of fused-ring (bicyclic) bond motifs is 8. The van der Waals surface area contributed by atoms with Gasteiger partial charge in [-0.15, -0.1) is 0 Å². The van der Waals surface area contributed by atoms with Crippen LogP contribution in [0.4, 0.5) is 29.1 Å². The number of aryl methyl sites for hydroxylation is 1. The van der Waals surface area contributed by atoms with Gasteiger partial charge in [0.25, 0.3) is 29.5 Å². The Morgan fingerprint density at radius 1 is 0.359 bits per heavy atom. The third kappa shape index (κ3) is 24.5. The Kier molecular flexibility index (Phi) is 32.8. The molecule has 0 radical (unpaired) electrons. The molecule has 8 fully saturated rings. The molecule has 8 saturated heterocycles. The fraction of sp³-hybridized carbons (Fsp3) is 0.530. The number of ether oxygens (including phenoxy) is 14. The average molecular weight is 2190 g/mol. The number of rotatable bonds is 30. The summed E-state index contributed by atoms with van der Waals surface area (Å²) in [6, 6.07) is 6.37. The second-order valence-corrected chi connectivity index (χ2v) is 48.0. The van der Waals surface area contributed by atoms with Crippen LogP contribution in [0.15, 0.2) is 92.4 Å². The number of nitrogen functional groups attached to an aromatic ring is 5. The van der Waals surface area contributed by atoms with E-state index in [1.165, 1.54) is 93.2 Å². The van der Waals surface area contributed by atoms with Crippen LogP contribution in [0.3, 0.4) is 0 Å². The number of imidazole rings is 5. The van der Waals surface area contributed by atoms with Crippen LogP contribution in [0.5, 0.6) is 0 Å². The van der Waals surface area contributed by atoms with E-state index in [4.69, 9.17) is 138 Å². The molecular weight excluding hydrogens is 2100 g/mol. The van der Waals surface area contributed by atoms with E-state index in [9.17, 15) is 80.9 Å². The summed E-state index contributed by atoms with van der Waals surface area (Å²) in [6.07, 6.45) is -5.74. The van der Waals surface area contributed by atoms with Crippen molar-refractivity contribution in [2.24, 2.45) is 0 Å². The summed E-state index contributed by atoms with van der Waals surface area (Å²) >= 11 is 4.05. The first-order valence-electron chi connectivity index (χ1n) is 40.6. The Hall–Kier alpha value is -8.41. The molecule has 0 spiro atoms. The number of nitrogens with two attached hydrogens (primary N) is 5. The standard InChI is InChI=1S/C19H21N5O7S.C13H19N5O10P2.C12H15N5O5.C11H18N5O11P3S.C11H17N5O9P2/c1-10-3-5-11(6-4-10)32(25,26)28-7-12-14-15(31-19(27-2)30-14)18(29-12)24-9-23-13-16(20)21-8-22-17(13)24;1-24-13-27-8-6(2-25-30(22,23)5-29(19,20)21)26-12(9(8)28-13)18-4-17-7-10(14)15-3-16-11(7)18;1-19-12-21-7-5(2-18)20-11(8(7)22-12)17-4-16-6-9(13)14-3-15-10(6)17;12-9-6-10(14-2-13-9)16(3-15-6)11-8(18)7(17)5(26-11)1-25-28(19,20)4-29(21,22)27-30(23,24)31;12-9-6-10(14-2-13-9)16(3-15-6)11-8(18)7(17)5(25-11)1-24-27(22,23)4-26(19,20)21/h3-6,8-9,12,14-15,18-19H,7H2,1-2H3,(H2,20,21,22);3-4,6,8-9,12-13H,2,5H2,1H3,(H,22,23)(H2,14,15,16)(H2,19,20,21);3-5,7-8,11-12,18H,2H2,1H3,(H2,13,14,15);2-3,5,7-8,11,17-18H,1,4H2,(H,19,20)(H,21,22)(H2,12,13,14)(H2,23,24,31);2-3,5,7-8,11,17-18H,1,4H2,(H,22,23)(H2,12,13,14)(H2,19,20,21)/t12-,14?,15+,18-,19?;6-,8?,9+,12-,13?;5-,7?,8+,11-,12?;2*5-,7?,8+,11-/m11111/s1. The highest BCUT2D eigenvalue weighted by Gasteiger charge is 2.59. The van der Waals surface area contributed by atoms with Crippen LogP contribution >= 0.6 is 52.3 Å². The van der Waals surface area contributed by atoms with Crippen molar-refractivity contribution in [3.8, 4) is 0 Å². The van der Waals surface area contributed by atoms with E-state index in [0.717, 1.165) is 11.9 Å². The smallest absolute Gasteiger partial charge is 0.347 e. The molecule has 67 nitrogen and oxygen atoms in total. The van der Waals surface area contributed by atoms with E-state index in [2.05, 4.69) is 95.4 Å². The molecule has 19 rings (SSSR count). The maximum atomic E-state index is 12.6. The third-order valence-electron chi connectivity index (χ3n) is 21.5. The summed E-state index contributed by atoms with van der Waals surface area (Å²) in [7, 11) is -28.3. The number of aliphatic hydroxyl groups is 5. The molecule has 12 unspecified atom stereocenters. The topological polar surface area (TPSA) is 963 Å². The van der Waals surface area contributed by atoms with Crippen LogP contribution in [0.2, 0.25) is 0 Å². The quantitative estimate of drug-likeness (QED) is 0.0151. The summed E-state index contributed by atoms with van der Waals surface area (Å²) in [6.45, 7) is -7.88. The zero-order valence-corrected chi connectivity index (χ0v) is 80.9. The van der Waals surface area contributed by atoms with E-state index < -0.39 is 242 Å². The van der Waals surface area contributed by atoms with Crippen LogP contribution in [-0.2, 0) is 138 Å². The highest BCUT2D eigenvalue weighted by atomic mass is 32.5. The largest absolute Gasteiger partial charge is 0.394 e. The van der Waals surface area contributed by atoms with Crippen LogP contribution in [0.1, 0.15) is 36.7 Å². The number of anilines is 5. The first-order chi connectivity index (χ1) is 66.8. The number of nitrogens with zero attached hydrogens (tertiary/aromatic N) is 20. The molecule has 0 amide bonds. The third-order valence-corrected chi connectivity index (χ3v) is 35.6. The predicted octanol–water partition coefficient (Wildman–Crippen LogP) is -3.93. The molecule has 778 valence electrons. The van der Waals surface area contributed by atoms with Gasteiger partial charge in [-0.05, 0) is 30.9 Å². The lowest BCUT2D eigenvalue weighted by Gasteiger charge is -2.21. The number of hydrogen-bond donors (Lipinski definition) is 20. The number of aromatic nitrogens is 20. The normalized spacial score (nSPS) is 29.8. The van der Waals surface area contributed by atoms with Crippen LogP contribution in [0, 0.1) is 6.92 Å². The molecule has 0 saturated carbocycles. The minimum atomic E-state index is -4.99. The van der Waals surface area contributed by atoms with Crippen molar-refractivity contribution >= 4 is 159 Å². The monoisotopic (exact) mass is 2190 g/mol. The number of aliphatic hydroxyl groups excluding tert-OH is 5. The van der Waals surface area contributed by atoms with Gasteiger partial charge in [-0.25, -0.2) is 79.1 Å². The van der Waals surface area contributed by atoms with Crippen molar-refractivity contribution < 1.29 is 199 Å². The highest BCUT2D eigenvalue weighted by Crippen LogP contribution is 2.65. The molecule has 27 atom stereocenters. The van der Waals surface area contributed by atoms with Gasteiger partial charge in [-0.1, -0.05) is 17.7 Å². The van der Waals surface area contributed by atoms with Gasteiger partial charge in [0.05, 0.1) is 69.6 Å². The fourth-order valence-corrected chi connectivity index (χ4v) is 26.8. The first kappa shape index (κ1) is 108. The second kappa shape index (κ2) is 43.2. The van der Waals surface area contributed by atoms with Gasteiger partial charge in [0.2, 0.25) is 0 Å². The predicted molar refractivity (Wildman–Crippen MR) is 471 cm³/mol. The number of hydrogen-bond acceptors (Lipinski definition) is 53. The summed E-state index contributed by atoms with van der Waals surface area (Å²) in [5, 5.41) is 50.4. The Balaban J connectivity index is 0.000000135. The molecule has 18 heterocycles. The molecular formula is C66H90N25O42P7S2. The molecule has 0 aliphatic carbocycles. The van der Waals surface area contributed by atoms with Gasteiger partial charge < -0.3 is 183 Å². The minimum Gasteiger partial charge on any atom is -0.394 e. The van der Waals surface area contributed by atoms with Gasteiger partial charge >= 0.3 is 52.3 Å². The lowest BCUT2D eigenvalue weighted by molar-refractivity contribution is -0.256. The highest BCUT2D eigenvalue weighted by molar-refractivity contribution is 8.08. The van der Waals surface area contributed by atoms with E-state index >= 15 is 0 Å². The average Bonchev–Trinajstić information content (AvgIpc) is 1.60. The van der Waals surface area contributed by atoms with Crippen LogP contribution < -0.4 is 28.7 Å². The molecule has 10 aromatic heterocycles. The molecule has 8 aliphatic heterocycles. The van der Waals surface area contributed by atoms with Gasteiger partial charge in [0.15, 0.2) is 106 Å². The van der Waals surface area contributed by atoms with Crippen molar-refractivity contribution in [1.82, 2.24) is 97.6 Å². The molecule has 0 bridgehead atoms. The first-order valence-corrected chi connectivity index (χ1v) is 55.3. The maximum absolute atomic E-state index is 12.6. The summed E-state index contributed by atoms with van der Waals surface area (Å²) < 4.78 is 204. The molecule has 11 aromatic rings. The lowest BCUT2D eigenvalue weighted by atomic mass is 10.1. The van der Waals surface area contributed by atoms with E-state index in [1.54, 1.807) is 32.2 Å². The lowest BCUT2D eigenvalue weighted by Crippen LogP contribution is -2.33. The Morgan fingerprint density at radius 3 is 0.937 bits per heavy atom. The zero-order valence-electron chi connectivity index (χ0n) is 73.0. The van der Waals surface area contributed by atoms with Gasteiger partial charge in [-0.3, -0.25) is 54.4 Å². The minimum absolute atomic E-state index is 0.0559. The summed E-state index contributed by atoms with van der Waals surface area (Å²) in [4.78, 5) is 152. The van der Waals surface area contributed by atoms with Crippen molar-refractivity contribution in [1.29, 1.82) is 0 Å². The zero-order chi connectivity index (χ0) is 103. The number of methoxy groups -OCH3 is 3. The molecule has 142 heavy (non-hydrogen) atoms. The van der Waals surface area contributed by atoms with Gasteiger partial charge in [0.1, 0.15) is 151 Å². The number of benzene rings is 1. The summed E-state index contributed by atoms with van der Waals surface area (Å²) in [5.74, 6) is -3.33. The fourth-order valence-electron chi connectivity index (χ4n) is 15.3. The van der Waals surface area contributed by atoms with Crippen molar-refractivity contribution in [3.05, 3.63) is 93.1 Å². The Labute approximate surface area is 799 Å². The van der Waals surface area contributed by atoms with E-state index in [-0.39, 0.29) is 69.5 Å². The van der Waals surface area contributed by atoms with Crippen molar-refractivity contribution in [2.45, 2.75) is 154 Å². The van der Waals surface area contributed by atoms with E-state index in [1.807, 2.05) is 6.92 Å². The molecule has 8 aliphatic rings. The van der Waals surface area contributed by atoms with Gasteiger partial charge in [-0.2, -0.15) is 8.42 Å². The van der Waals surface area contributed by atoms with E-state index in [0.29, 0.717) is 33.5 Å². The molecule has 1 aromatic carbocycles. The Bertz CT molecular complexity index is 6840. The van der Waals surface area contributed by atoms with Crippen molar-refractivity contribution in [3.63, 3.8) is 0 Å². The SMILES string of the molecule is COC1OC2[C@@H](CO)O[C@@H](n3cnc4c(N)ncnc43)[C@H]2O1.COC1OC2[C@@H](COP(=O)(O)CP(=O)(O)O)O[C@@H](n3cnc4c(N)ncnc43)[C@H]2O1.COC1OC2[C@@H](COS(=O)(=O)c3ccc(C)cc3)O[C@@H](n3cnc4c(N)ncnc43)[C@H]2O1.Nc1ncnc2c1ncn2[C@@H]1O[C@H](COP(=O)(O)CP(=O)(O)O)C(O)[C@@H]1O.Nc1ncnc2c1ncn2[C@@H]1O[C@H](COP(=O)(O)CP(=O)(O)OP(O)(O)=S)C(O)[C@@H]1O. The Morgan fingerprint density at radius 2 is 0.634 bits per heavy atom. The second-order valence-electron chi connectivity index (χ2n) is 31.4. The van der Waals surface area contributed by atoms with Crippen LogP contribution in [-0.4, -0.2) is 364 Å². The maximum Gasteiger partial charge on any atom is 0.347 e. The molecule has 25 N–H and O–H groups in total. The van der Waals surface area contributed by atoms with Crippen molar-refractivity contribution in [2.75, 3.05) is 101 Å². The van der Waals surface area contributed by atoms with Gasteiger partial charge in [0, 0.05) is 21.3 Å².